The molecule has 1 saturated heterocycles. The van der Waals surface area contributed by atoms with Crippen LogP contribution in [0.1, 0.15) is 37.8 Å². The highest BCUT2D eigenvalue weighted by atomic mass is 32.2. The normalized spacial score (nSPS) is 22.0. The molecule has 1 aliphatic carbocycles. The van der Waals surface area contributed by atoms with Crippen LogP contribution in [0.15, 0.2) is 42.2 Å². The summed E-state index contributed by atoms with van der Waals surface area (Å²) in [5, 5.41) is 7.18. The minimum absolute atomic E-state index is 0.277. The Morgan fingerprint density at radius 3 is 2.73 bits per heavy atom. The van der Waals surface area contributed by atoms with Gasteiger partial charge in [-0.05, 0) is 61.6 Å². The van der Waals surface area contributed by atoms with Crippen molar-refractivity contribution in [3.05, 3.63) is 53.4 Å². The molecule has 1 aromatic rings. The maximum atomic E-state index is 4.26. The number of benzene rings is 1. The molecule has 2 unspecified atom stereocenters. The molecule has 1 aromatic carbocycles. The van der Waals surface area contributed by atoms with Gasteiger partial charge in [-0.3, -0.25) is 4.31 Å². The molecule has 2 aliphatic rings. The molecule has 4 heteroatoms. The molecule has 2 N–H and O–H groups in total. The van der Waals surface area contributed by atoms with E-state index in [4.69, 9.17) is 0 Å². The predicted molar refractivity (Wildman–Crippen MR) is 120 cm³/mol. The van der Waals surface area contributed by atoms with Crippen LogP contribution in [-0.2, 0) is 6.42 Å². The Labute approximate surface area is 159 Å². The molecule has 142 valence electrons. The van der Waals surface area contributed by atoms with Gasteiger partial charge in [0.15, 0.2) is 0 Å². The highest BCUT2D eigenvalue weighted by Crippen LogP contribution is 2.34. The van der Waals surface area contributed by atoms with Gasteiger partial charge in [-0.2, -0.15) is 9.39 Å². The lowest BCUT2D eigenvalue weighted by Gasteiger charge is -2.37. The predicted octanol–water partition coefficient (Wildman–Crippen LogP) is 3.73. The van der Waals surface area contributed by atoms with E-state index in [0.29, 0.717) is 6.04 Å². The van der Waals surface area contributed by atoms with Crippen molar-refractivity contribution in [1.29, 1.82) is 0 Å². The van der Waals surface area contributed by atoms with E-state index in [9.17, 15) is 0 Å². The molecule has 0 aromatic heterocycles. The van der Waals surface area contributed by atoms with Crippen LogP contribution in [0.2, 0.25) is 0 Å². The fraction of sp³-hybridized carbons (Fsp3) is 0.455. The molecule has 0 spiro atoms. The third-order valence-corrected chi connectivity index (χ3v) is 7.16. The van der Waals surface area contributed by atoms with Crippen LogP contribution in [0.4, 0.5) is 0 Å². The Balaban J connectivity index is 1.58. The molecule has 3 rings (SSSR count). The Morgan fingerprint density at radius 2 is 2.04 bits per heavy atom. The molecule has 26 heavy (non-hydrogen) atoms. The van der Waals surface area contributed by atoms with E-state index in [0.717, 1.165) is 25.3 Å². The van der Waals surface area contributed by atoms with E-state index < -0.39 is 9.39 Å². The van der Waals surface area contributed by atoms with E-state index >= 15 is 0 Å². The number of rotatable bonds is 6. The molecule has 1 aliphatic heterocycles. The first-order valence-corrected chi connectivity index (χ1v) is 11.8. The first kappa shape index (κ1) is 19.1. The third kappa shape index (κ3) is 4.18. The van der Waals surface area contributed by atoms with Crippen LogP contribution < -0.4 is 10.6 Å². The van der Waals surface area contributed by atoms with Gasteiger partial charge in [0.2, 0.25) is 0 Å². The zero-order chi connectivity index (χ0) is 18.9. The van der Waals surface area contributed by atoms with E-state index in [1.165, 1.54) is 35.1 Å². The minimum atomic E-state index is -1.13. The third-order valence-electron chi connectivity index (χ3n) is 5.58. The summed E-state index contributed by atoms with van der Waals surface area (Å²) in [5.41, 5.74) is 5.70. The maximum absolute atomic E-state index is 4.26. The van der Waals surface area contributed by atoms with Crippen molar-refractivity contribution in [2.75, 3.05) is 19.3 Å². The van der Waals surface area contributed by atoms with Crippen LogP contribution in [0.25, 0.3) is 5.57 Å². The molecule has 0 radical (unpaired) electrons. The van der Waals surface area contributed by atoms with Crippen molar-refractivity contribution in [2.45, 2.75) is 45.2 Å². The van der Waals surface area contributed by atoms with Gasteiger partial charge in [0.05, 0.1) is 5.82 Å². The fourth-order valence-electron chi connectivity index (χ4n) is 4.13. The lowest BCUT2D eigenvalue weighted by atomic mass is 10.0. The Morgan fingerprint density at radius 1 is 1.31 bits per heavy atom. The summed E-state index contributed by atoms with van der Waals surface area (Å²) in [6.07, 6.45) is 5.56. The van der Waals surface area contributed by atoms with Crippen molar-refractivity contribution in [1.82, 2.24) is 14.9 Å². The van der Waals surface area contributed by atoms with Crippen molar-refractivity contribution < 1.29 is 0 Å². The van der Waals surface area contributed by atoms with Gasteiger partial charge in [-0.15, -0.1) is 0 Å². The van der Waals surface area contributed by atoms with Crippen molar-refractivity contribution in [2.24, 2.45) is 0 Å². The molecular formula is C22H33N3S. The lowest BCUT2D eigenvalue weighted by molar-refractivity contribution is 0.310. The first-order chi connectivity index (χ1) is 12.3. The summed E-state index contributed by atoms with van der Waals surface area (Å²) in [6, 6.07) is 9.41. The number of allylic oxidation sites excluding steroid dienone is 1. The largest absolute Gasteiger partial charge is 0.368 e. The van der Waals surface area contributed by atoms with Crippen LogP contribution in [0, 0.1) is 0 Å². The number of nitrogens with one attached hydrogen (secondary N) is 2. The number of fused-ring (bicyclic) bond motifs is 1. The van der Waals surface area contributed by atoms with Crippen LogP contribution in [-0.4, -0.2) is 47.5 Å². The van der Waals surface area contributed by atoms with E-state index in [2.05, 4.69) is 77.6 Å². The van der Waals surface area contributed by atoms with Crippen LogP contribution in [0.3, 0.4) is 0 Å². The van der Waals surface area contributed by atoms with Gasteiger partial charge in [0.25, 0.3) is 0 Å². The van der Waals surface area contributed by atoms with Gasteiger partial charge in [-0.1, -0.05) is 42.6 Å². The summed E-state index contributed by atoms with van der Waals surface area (Å²) in [4.78, 5) is 0. The number of hydrogen-bond donors (Lipinski definition) is 2. The molecule has 1 heterocycles. The summed E-state index contributed by atoms with van der Waals surface area (Å²) < 4.78 is 2.44. The first-order valence-electron chi connectivity index (χ1n) is 9.45. The van der Waals surface area contributed by atoms with Crippen molar-refractivity contribution in [3.63, 3.8) is 0 Å². The summed E-state index contributed by atoms with van der Waals surface area (Å²) in [6.45, 7) is 10.8. The van der Waals surface area contributed by atoms with Gasteiger partial charge < -0.3 is 10.6 Å². The highest BCUT2D eigenvalue weighted by molar-refractivity contribution is 8.25. The smallest absolute Gasteiger partial charge is 0.0919 e. The number of nitrogens with zero attached hydrogens (tertiary/aromatic N) is 1. The standard InChI is InChI=1S/C22H33N3S/c1-16-21-12-8-7-10-19(21)14-22(16)17(2)23-18(3)24-20-11-9-13-25(15-20)26(4,5)6/h7-8,10,12,17,20,23-24H,3-5,9,11,13-15H2,1-2,6H3. The Hall–Kier alpha value is -1.65. The molecule has 3 nitrogen and oxygen atoms in total. The molecule has 0 saturated carbocycles. The number of piperidine rings is 1. The van der Waals surface area contributed by atoms with Gasteiger partial charge in [-0.25, -0.2) is 0 Å². The summed E-state index contributed by atoms with van der Waals surface area (Å²) in [7, 11) is -1.13. The van der Waals surface area contributed by atoms with Gasteiger partial charge in [0, 0.05) is 25.2 Å². The lowest BCUT2D eigenvalue weighted by Crippen LogP contribution is -2.46. The monoisotopic (exact) mass is 371 g/mol. The summed E-state index contributed by atoms with van der Waals surface area (Å²) >= 11 is 0. The van der Waals surface area contributed by atoms with Crippen molar-refractivity contribution in [3.8, 4) is 0 Å². The second-order valence-electron chi connectivity index (χ2n) is 7.92. The Kier molecular flexibility index (Phi) is 5.54. The minimum Gasteiger partial charge on any atom is -0.368 e. The highest BCUT2D eigenvalue weighted by Gasteiger charge is 2.24. The molecule has 1 fully saturated rings. The SMILES string of the molecule is C=C(NC1CCCN(S(=C)(=C)C)C1)NC(C)C1=C(C)c2ccccc2C1. The van der Waals surface area contributed by atoms with Crippen LogP contribution >= 0.6 is 9.39 Å². The van der Waals surface area contributed by atoms with Gasteiger partial charge >= 0.3 is 0 Å². The fourth-order valence-corrected chi connectivity index (χ4v) is 5.24. The average molecular weight is 372 g/mol. The second-order valence-corrected chi connectivity index (χ2v) is 10.9. The van der Waals surface area contributed by atoms with E-state index in [1.54, 1.807) is 0 Å². The zero-order valence-corrected chi connectivity index (χ0v) is 17.3. The molecule has 0 bridgehead atoms. The van der Waals surface area contributed by atoms with E-state index in [-0.39, 0.29) is 6.04 Å². The maximum Gasteiger partial charge on any atom is 0.0919 e. The molecule has 0 amide bonds. The van der Waals surface area contributed by atoms with E-state index in [1.807, 2.05) is 0 Å². The van der Waals surface area contributed by atoms with Crippen molar-refractivity contribution >= 4 is 26.7 Å². The Bertz CT molecular complexity index is 820. The number of hydrogen-bond acceptors (Lipinski definition) is 3. The quantitative estimate of drug-likeness (QED) is 0.746. The average Bonchev–Trinajstić information content (AvgIpc) is 2.92. The molecule has 2 atom stereocenters. The molecular weight excluding hydrogens is 338 g/mol. The summed E-state index contributed by atoms with van der Waals surface area (Å²) in [5.74, 6) is 9.45. The van der Waals surface area contributed by atoms with Crippen LogP contribution in [0.5, 0.6) is 0 Å². The topological polar surface area (TPSA) is 27.3 Å². The van der Waals surface area contributed by atoms with Gasteiger partial charge in [0.1, 0.15) is 0 Å². The second kappa shape index (κ2) is 7.53. The zero-order valence-electron chi connectivity index (χ0n) is 16.5.